The lowest BCUT2D eigenvalue weighted by Gasteiger charge is -2.41. The van der Waals surface area contributed by atoms with E-state index >= 15 is 0 Å². The highest BCUT2D eigenvalue weighted by Gasteiger charge is 2.53. The van der Waals surface area contributed by atoms with Gasteiger partial charge in [-0.3, -0.25) is 19.4 Å². The van der Waals surface area contributed by atoms with Gasteiger partial charge >= 0.3 is 17.9 Å². The van der Waals surface area contributed by atoms with Gasteiger partial charge in [-0.1, -0.05) is 18.7 Å². The summed E-state index contributed by atoms with van der Waals surface area (Å²) in [4.78, 5) is 38.7. The van der Waals surface area contributed by atoms with Crippen LogP contribution in [0.25, 0.3) is 0 Å². The second-order valence-electron chi connectivity index (χ2n) is 5.97. The summed E-state index contributed by atoms with van der Waals surface area (Å²) in [5, 5.41) is 3.86. The Hall–Kier alpha value is -1.81. The van der Waals surface area contributed by atoms with Crippen molar-refractivity contribution < 1.29 is 33.3 Å². The van der Waals surface area contributed by atoms with Gasteiger partial charge in [0.15, 0.2) is 17.4 Å². The van der Waals surface area contributed by atoms with Gasteiger partial charge in [-0.2, -0.15) is 0 Å². The summed E-state index contributed by atoms with van der Waals surface area (Å²) in [5.74, 6) is -1.54. The molecule has 0 unspecified atom stereocenters. The molecule has 9 nitrogen and oxygen atoms in total. The summed E-state index contributed by atoms with van der Waals surface area (Å²) in [5.41, 5.74) is -0.415. The summed E-state index contributed by atoms with van der Waals surface area (Å²) in [6.45, 7) is 6.36. The number of ether oxygens (including phenoxy) is 4. The van der Waals surface area contributed by atoms with E-state index in [2.05, 4.69) is 10.3 Å². The Balaban J connectivity index is 2.26. The summed E-state index contributed by atoms with van der Waals surface area (Å²) in [6, 6.07) is -0.433. The molecule has 10 heteroatoms. The van der Waals surface area contributed by atoms with Gasteiger partial charge < -0.3 is 24.3 Å². The molecule has 0 aliphatic carbocycles. The van der Waals surface area contributed by atoms with Crippen LogP contribution in [0.5, 0.6) is 0 Å². The average Bonchev–Trinajstić information content (AvgIpc) is 2.95. The van der Waals surface area contributed by atoms with Crippen molar-refractivity contribution in [3.05, 3.63) is 0 Å². The summed E-state index contributed by atoms with van der Waals surface area (Å²) in [7, 11) is 0. The van der Waals surface area contributed by atoms with Gasteiger partial charge in [0, 0.05) is 27.3 Å². The Bertz CT molecular complexity index is 583. The maximum Gasteiger partial charge on any atom is 0.303 e. The first kappa shape index (κ1) is 20.5. The van der Waals surface area contributed by atoms with Crippen molar-refractivity contribution in [1.82, 2.24) is 5.32 Å². The first-order chi connectivity index (χ1) is 12.3. The summed E-state index contributed by atoms with van der Waals surface area (Å²) in [6.07, 6.45) is -1.57. The highest BCUT2D eigenvalue weighted by molar-refractivity contribution is 8.14. The predicted molar refractivity (Wildman–Crippen MR) is 93.5 cm³/mol. The smallest absolute Gasteiger partial charge is 0.303 e. The predicted octanol–water partition coefficient (Wildman–Crippen LogP) is 0.609. The van der Waals surface area contributed by atoms with E-state index in [4.69, 9.17) is 18.9 Å². The first-order valence-corrected chi connectivity index (χ1v) is 9.30. The minimum atomic E-state index is -0.907. The topological polar surface area (TPSA) is 113 Å². The summed E-state index contributed by atoms with van der Waals surface area (Å²) >= 11 is 1.37. The molecule has 26 heavy (non-hydrogen) atoms. The van der Waals surface area contributed by atoms with Crippen LogP contribution in [-0.2, 0) is 33.3 Å². The molecule has 2 aliphatic rings. The zero-order valence-corrected chi connectivity index (χ0v) is 16.0. The summed E-state index contributed by atoms with van der Waals surface area (Å²) < 4.78 is 21.8. The molecule has 0 aromatic heterocycles. The number of carbonyl (C=O) groups is 3. The largest absolute Gasteiger partial charge is 0.463 e. The van der Waals surface area contributed by atoms with Crippen molar-refractivity contribution in [1.29, 1.82) is 0 Å². The fourth-order valence-electron chi connectivity index (χ4n) is 2.74. The molecule has 0 radical (unpaired) electrons. The first-order valence-electron chi connectivity index (χ1n) is 8.42. The van der Waals surface area contributed by atoms with Crippen molar-refractivity contribution in [2.24, 2.45) is 4.99 Å². The number of hydrogen-bond acceptors (Lipinski definition) is 9. The molecule has 1 N–H and O–H groups in total. The number of hydrogen-bond donors (Lipinski definition) is 1. The normalized spacial score (nSPS) is 31.7. The van der Waals surface area contributed by atoms with Gasteiger partial charge in [0.05, 0.1) is 0 Å². The van der Waals surface area contributed by atoms with Gasteiger partial charge in [-0.05, 0) is 6.42 Å². The average molecular weight is 388 g/mol. The van der Waals surface area contributed by atoms with Gasteiger partial charge in [0.25, 0.3) is 0 Å². The Labute approximate surface area is 156 Å². The number of fused-ring (bicyclic) bond motifs is 1. The molecule has 2 heterocycles. The van der Waals surface area contributed by atoms with Crippen molar-refractivity contribution in [2.75, 3.05) is 13.2 Å². The monoisotopic (exact) mass is 388 g/mol. The molecule has 0 aromatic rings. The van der Waals surface area contributed by atoms with Crippen molar-refractivity contribution in [2.45, 2.75) is 63.9 Å². The van der Waals surface area contributed by atoms with Gasteiger partial charge in [-0.25, -0.2) is 0 Å². The Morgan fingerprint density at radius 1 is 1.12 bits per heavy atom. The Kier molecular flexibility index (Phi) is 7.27. The quantitative estimate of drug-likeness (QED) is 0.516. The molecule has 0 spiro atoms. The van der Waals surface area contributed by atoms with E-state index in [9.17, 15) is 14.4 Å². The molecule has 0 bridgehead atoms. The van der Waals surface area contributed by atoms with E-state index in [0.717, 1.165) is 6.42 Å². The third kappa shape index (κ3) is 5.34. The van der Waals surface area contributed by atoms with Crippen molar-refractivity contribution >= 4 is 34.8 Å². The molecule has 0 saturated carbocycles. The molecule has 146 valence electrons. The minimum Gasteiger partial charge on any atom is -0.463 e. The van der Waals surface area contributed by atoms with E-state index in [1.54, 1.807) is 0 Å². The standard InChI is InChI=1S/C16H24N2O7S/c1-5-6-17-16-18-12-14(24-10(4)21)13(23-9(3)20)11(7-22-8(2)19)25-15(12)26-16/h11-15H,5-7H2,1-4H3,(H,17,18)/t11-,12-,13-,14-,15-/m1/s1. The van der Waals surface area contributed by atoms with E-state index in [1.807, 2.05) is 6.92 Å². The zero-order chi connectivity index (χ0) is 19.3. The fraction of sp³-hybridized carbons (Fsp3) is 0.750. The van der Waals surface area contributed by atoms with Crippen LogP contribution in [-0.4, -0.2) is 66.0 Å². The highest BCUT2D eigenvalue weighted by atomic mass is 32.2. The number of esters is 3. The van der Waals surface area contributed by atoms with E-state index < -0.39 is 47.7 Å². The van der Waals surface area contributed by atoms with Gasteiger partial charge in [-0.15, -0.1) is 0 Å². The second-order valence-corrected chi connectivity index (χ2v) is 7.06. The number of nitrogens with zero attached hydrogens (tertiary/aromatic N) is 1. The van der Waals surface area contributed by atoms with Crippen LogP contribution < -0.4 is 5.32 Å². The van der Waals surface area contributed by atoms with Crippen LogP contribution in [0.2, 0.25) is 0 Å². The van der Waals surface area contributed by atoms with Gasteiger partial charge in [0.2, 0.25) is 0 Å². The highest BCUT2D eigenvalue weighted by Crippen LogP contribution is 2.36. The molecule has 2 saturated heterocycles. The third-order valence-electron chi connectivity index (χ3n) is 3.70. The van der Waals surface area contributed by atoms with Crippen molar-refractivity contribution in [3.8, 4) is 0 Å². The number of nitrogens with one attached hydrogen (secondary N) is 1. The lowest BCUT2D eigenvalue weighted by molar-refractivity contribution is -0.209. The number of carbonyl (C=O) groups excluding carboxylic acids is 3. The zero-order valence-electron chi connectivity index (χ0n) is 15.2. The van der Waals surface area contributed by atoms with Crippen LogP contribution in [0, 0.1) is 0 Å². The maximum atomic E-state index is 11.6. The van der Waals surface area contributed by atoms with Crippen LogP contribution in [0.15, 0.2) is 4.99 Å². The SMILES string of the molecule is CCCN=C1N[C@@H]2[C@@H](OC(C)=O)[C@H](OC(C)=O)[C@@H](COC(C)=O)O[C@@H]2S1. The lowest BCUT2D eigenvalue weighted by Crippen LogP contribution is -2.62. The lowest BCUT2D eigenvalue weighted by atomic mass is 9.97. The molecule has 2 rings (SSSR count). The number of aliphatic imine (C=N–C) groups is 1. The van der Waals surface area contributed by atoms with Crippen molar-refractivity contribution in [3.63, 3.8) is 0 Å². The Morgan fingerprint density at radius 3 is 2.35 bits per heavy atom. The van der Waals surface area contributed by atoms with E-state index in [-0.39, 0.29) is 6.61 Å². The molecule has 0 aromatic carbocycles. The number of thioether (sulfide) groups is 1. The van der Waals surface area contributed by atoms with Crippen LogP contribution >= 0.6 is 11.8 Å². The second kappa shape index (κ2) is 9.22. The number of amidine groups is 1. The minimum absolute atomic E-state index is 0.115. The third-order valence-corrected chi connectivity index (χ3v) is 4.81. The fourth-order valence-corrected chi connectivity index (χ4v) is 3.90. The van der Waals surface area contributed by atoms with Gasteiger partial charge in [0.1, 0.15) is 24.2 Å². The van der Waals surface area contributed by atoms with Crippen LogP contribution in [0.1, 0.15) is 34.1 Å². The van der Waals surface area contributed by atoms with Crippen LogP contribution in [0.3, 0.4) is 0 Å². The number of rotatable bonds is 6. The molecular weight excluding hydrogens is 364 g/mol. The molecule has 0 amide bonds. The Morgan fingerprint density at radius 2 is 1.77 bits per heavy atom. The van der Waals surface area contributed by atoms with E-state index in [1.165, 1.54) is 32.5 Å². The maximum absolute atomic E-state index is 11.6. The van der Waals surface area contributed by atoms with Crippen LogP contribution in [0.4, 0.5) is 0 Å². The molecule has 5 atom stereocenters. The molecular formula is C16H24N2O7S. The molecule has 2 fully saturated rings. The molecule has 2 aliphatic heterocycles. The van der Waals surface area contributed by atoms with E-state index in [0.29, 0.717) is 11.7 Å².